The van der Waals surface area contributed by atoms with E-state index in [1.54, 1.807) is 12.1 Å². The molecule has 1 unspecified atom stereocenters. The number of esters is 1. The van der Waals surface area contributed by atoms with Gasteiger partial charge in [-0.15, -0.1) is 0 Å². The van der Waals surface area contributed by atoms with Gasteiger partial charge in [0.1, 0.15) is 5.75 Å². The van der Waals surface area contributed by atoms with Crippen molar-refractivity contribution in [3.05, 3.63) is 53.6 Å². The summed E-state index contributed by atoms with van der Waals surface area (Å²) >= 11 is 0. The molecule has 0 bridgehead atoms. The number of methoxy groups -OCH3 is 1. The van der Waals surface area contributed by atoms with Crippen LogP contribution in [-0.2, 0) is 16.1 Å². The molecule has 29 heavy (non-hydrogen) atoms. The number of rotatable bonds is 3. The lowest BCUT2D eigenvalue weighted by molar-refractivity contribution is -0.148. The van der Waals surface area contributed by atoms with Crippen molar-refractivity contribution in [3.8, 4) is 16.9 Å². The lowest BCUT2D eigenvalue weighted by Gasteiger charge is -2.36. The van der Waals surface area contributed by atoms with Gasteiger partial charge in [-0.1, -0.05) is 18.2 Å². The molecule has 2 heterocycles. The van der Waals surface area contributed by atoms with Crippen LogP contribution >= 0.6 is 0 Å². The monoisotopic (exact) mass is 397 g/mol. The third-order valence-corrected chi connectivity index (χ3v) is 5.54. The van der Waals surface area contributed by atoms with Crippen LogP contribution in [-0.4, -0.2) is 48.6 Å². The van der Waals surface area contributed by atoms with E-state index in [0.717, 1.165) is 35.3 Å². The van der Waals surface area contributed by atoms with Gasteiger partial charge in [0.15, 0.2) is 0 Å². The van der Waals surface area contributed by atoms with Crippen LogP contribution in [0.4, 0.5) is 4.79 Å². The summed E-state index contributed by atoms with van der Waals surface area (Å²) in [6, 6.07) is 13.2. The molecular formula is C22H23NO6. The fourth-order valence-electron chi connectivity index (χ4n) is 3.83. The third-order valence-electron chi connectivity index (χ3n) is 5.54. The fourth-order valence-corrected chi connectivity index (χ4v) is 3.83. The van der Waals surface area contributed by atoms with Crippen molar-refractivity contribution in [1.29, 1.82) is 0 Å². The first-order valence-corrected chi connectivity index (χ1v) is 9.63. The van der Waals surface area contributed by atoms with Gasteiger partial charge in [-0.3, -0.25) is 0 Å². The quantitative estimate of drug-likeness (QED) is 0.794. The van der Waals surface area contributed by atoms with E-state index in [9.17, 15) is 9.59 Å². The molecule has 0 aromatic heterocycles. The summed E-state index contributed by atoms with van der Waals surface area (Å²) in [5.74, 6) is 0.630. The van der Waals surface area contributed by atoms with E-state index in [1.807, 2.05) is 30.3 Å². The summed E-state index contributed by atoms with van der Waals surface area (Å²) in [5.41, 5.74) is 3.49. The highest BCUT2D eigenvalue weighted by molar-refractivity contribution is 5.90. The summed E-state index contributed by atoms with van der Waals surface area (Å²) in [6.45, 7) is 1.47. The lowest BCUT2D eigenvalue weighted by atomic mass is 9.95. The number of hydrogen-bond acceptors (Lipinski definition) is 5. The van der Waals surface area contributed by atoms with Gasteiger partial charge in [0, 0.05) is 24.6 Å². The molecule has 1 N–H and O–H groups in total. The van der Waals surface area contributed by atoms with Gasteiger partial charge in [-0.2, -0.15) is 0 Å². The van der Waals surface area contributed by atoms with Crippen LogP contribution in [0.1, 0.15) is 28.8 Å². The molecular weight excluding hydrogens is 374 g/mol. The fraction of sp³-hybridized carbons (Fsp3) is 0.364. The molecule has 0 radical (unpaired) electrons. The van der Waals surface area contributed by atoms with Gasteiger partial charge in [-0.05, 0) is 48.2 Å². The number of likely N-dealkylation sites (tertiary alicyclic amines) is 1. The van der Waals surface area contributed by atoms with Crippen LogP contribution in [0.15, 0.2) is 42.5 Å². The smallest absolute Gasteiger partial charge is 0.407 e. The average Bonchev–Trinajstić information content (AvgIpc) is 2.78. The van der Waals surface area contributed by atoms with E-state index in [1.165, 1.54) is 12.0 Å². The zero-order chi connectivity index (χ0) is 20.4. The van der Waals surface area contributed by atoms with Crippen LogP contribution in [0.2, 0.25) is 0 Å². The van der Waals surface area contributed by atoms with Gasteiger partial charge in [0.25, 0.3) is 0 Å². The molecule has 152 valence electrons. The predicted molar refractivity (Wildman–Crippen MR) is 105 cm³/mol. The normalized spacial score (nSPS) is 19.2. The highest BCUT2D eigenvalue weighted by Crippen LogP contribution is 2.35. The van der Waals surface area contributed by atoms with Crippen molar-refractivity contribution >= 4 is 12.1 Å². The molecule has 0 spiro atoms. The molecule has 1 saturated heterocycles. The largest absolute Gasteiger partial charge is 0.465 e. The molecule has 2 aromatic rings. The summed E-state index contributed by atoms with van der Waals surface area (Å²) in [4.78, 5) is 24.1. The Morgan fingerprint density at radius 2 is 1.76 bits per heavy atom. The number of benzene rings is 2. The lowest BCUT2D eigenvalue weighted by Crippen LogP contribution is -2.43. The van der Waals surface area contributed by atoms with Gasteiger partial charge in [0.05, 0.1) is 19.3 Å². The predicted octanol–water partition coefficient (Wildman–Crippen LogP) is 3.77. The minimum atomic E-state index is -0.869. The van der Waals surface area contributed by atoms with E-state index in [0.29, 0.717) is 25.3 Å². The zero-order valence-corrected chi connectivity index (χ0v) is 16.2. The molecule has 2 aromatic carbocycles. The molecule has 7 heteroatoms. The van der Waals surface area contributed by atoms with Gasteiger partial charge in [0.2, 0.25) is 6.29 Å². The van der Waals surface area contributed by atoms with Gasteiger partial charge in [-0.25, -0.2) is 9.59 Å². The number of carbonyl (C=O) groups is 2. The number of carboxylic acid groups (broad SMARTS) is 1. The molecule has 1 amide bonds. The summed E-state index contributed by atoms with van der Waals surface area (Å²) in [7, 11) is 1.36. The Kier molecular flexibility index (Phi) is 5.40. The van der Waals surface area contributed by atoms with E-state index in [-0.39, 0.29) is 18.2 Å². The molecule has 1 fully saturated rings. The highest BCUT2D eigenvalue weighted by atomic mass is 16.7. The molecule has 2 aliphatic heterocycles. The summed E-state index contributed by atoms with van der Waals surface area (Å²) in [5, 5.41) is 9.08. The number of hydrogen-bond donors (Lipinski definition) is 1. The first kappa shape index (κ1) is 19.3. The van der Waals surface area contributed by atoms with Crippen molar-refractivity contribution in [2.45, 2.75) is 25.7 Å². The number of nitrogens with zero attached hydrogens (tertiary/aromatic N) is 1. The van der Waals surface area contributed by atoms with E-state index in [2.05, 4.69) is 0 Å². The Hall–Kier alpha value is -3.06. The Balaban J connectivity index is 1.44. The molecule has 7 nitrogen and oxygen atoms in total. The van der Waals surface area contributed by atoms with Crippen LogP contribution in [0.25, 0.3) is 11.1 Å². The van der Waals surface area contributed by atoms with Crippen molar-refractivity contribution < 1.29 is 28.9 Å². The summed E-state index contributed by atoms with van der Waals surface area (Å²) in [6.07, 6.45) is 0.253. The van der Waals surface area contributed by atoms with E-state index >= 15 is 0 Å². The Morgan fingerprint density at radius 1 is 1.07 bits per heavy atom. The van der Waals surface area contributed by atoms with Gasteiger partial charge < -0.3 is 24.2 Å². The molecule has 0 aliphatic carbocycles. The minimum absolute atomic E-state index is 0.185. The second-order valence-electron chi connectivity index (χ2n) is 7.30. The second kappa shape index (κ2) is 8.13. The maximum atomic E-state index is 11.6. The standard InChI is InChI=1S/C22H23NO6/c1-27-20(24)15-4-2-14(3-5-15)17-6-7-19-18(12-17)13-28-21(29-19)16-8-10-23(11-9-16)22(25)26/h2-7,12,16,21H,8-11,13H2,1H3,(H,25,26). The Bertz CT molecular complexity index is 902. The van der Waals surface area contributed by atoms with E-state index in [4.69, 9.17) is 19.3 Å². The first-order chi connectivity index (χ1) is 14.0. The van der Waals surface area contributed by atoms with Crippen LogP contribution < -0.4 is 4.74 Å². The third kappa shape index (κ3) is 4.05. The van der Waals surface area contributed by atoms with Crippen LogP contribution in [0.5, 0.6) is 5.75 Å². The molecule has 0 saturated carbocycles. The van der Waals surface area contributed by atoms with Crippen molar-refractivity contribution in [2.75, 3.05) is 20.2 Å². The maximum Gasteiger partial charge on any atom is 0.407 e. The number of ether oxygens (including phenoxy) is 3. The second-order valence-corrected chi connectivity index (χ2v) is 7.30. The summed E-state index contributed by atoms with van der Waals surface area (Å²) < 4.78 is 16.8. The van der Waals surface area contributed by atoms with Crippen molar-refractivity contribution in [3.63, 3.8) is 0 Å². The molecule has 2 aliphatic rings. The molecule has 1 atom stereocenters. The Morgan fingerprint density at radius 3 is 2.41 bits per heavy atom. The maximum absolute atomic E-state index is 11.6. The van der Waals surface area contributed by atoms with E-state index < -0.39 is 6.09 Å². The topological polar surface area (TPSA) is 85.3 Å². The zero-order valence-electron chi connectivity index (χ0n) is 16.2. The minimum Gasteiger partial charge on any atom is -0.465 e. The number of piperidine rings is 1. The van der Waals surface area contributed by atoms with Crippen molar-refractivity contribution in [2.24, 2.45) is 5.92 Å². The SMILES string of the molecule is COC(=O)c1ccc(-c2ccc3c(c2)COC(C2CCN(C(=O)O)CC2)O3)cc1. The van der Waals surface area contributed by atoms with Crippen molar-refractivity contribution in [1.82, 2.24) is 4.90 Å². The molecule has 4 rings (SSSR count). The number of carbonyl (C=O) groups excluding carboxylic acids is 1. The number of fused-ring (bicyclic) bond motifs is 1. The van der Waals surface area contributed by atoms with Crippen LogP contribution in [0.3, 0.4) is 0 Å². The van der Waals surface area contributed by atoms with Crippen LogP contribution in [0, 0.1) is 5.92 Å². The average molecular weight is 397 g/mol. The first-order valence-electron chi connectivity index (χ1n) is 9.63. The van der Waals surface area contributed by atoms with Gasteiger partial charge >= 0.3 is 12.1 Å². The highest BCUT2D eigenvalue weighted by Gasteiger charge is 2.33. The number of amides is 1. The Labute approximate surface area is 168 Å².